The van der Waals surface area contributed by atoms with Crippen molar-refractivity contribution in [1.82, 2.24) is 14.9 Å². The first-order chi connectivity index (χ1) is 13.3. The van der Waals surface area contributed by atoms with E-state index in [1.54, 1.807) is 30.3 Å². The van der Waals surface area contributed by atoms with Gasteiger partial charge in [-0.25, -0.2) is 9.37 Å². The number of benzene rings is 2. The molecule has 1 amide bonds. The van der Waals surface area contributed by atoms with Crippen LogP contribution in [0, 0.1) is 5.82 Å². The van der Waals surface area contributed by atoms with E-state index in [0.29, 0.717) is 28.0 Å². The quantitative estimate of drug-likeness (QED) is 0.707. The molecule has 146 valence electrons. The number of para-hydroxylation sites is 1. The van der Waals surface area contributed by atoms with Crippen LogP contribution in [-0.2, 0) is 0 Å². The molecule has 3 aromatic rings. The summed E-state index contributed by atoms with van der Waals surface area (Å²) in [6, 6.07) is 10.7. The fourth-order valence-corrected chi connectivity index (χ4v) is 4.21. The lowest BCUT2D eigenvalue weighted by Crippen LogP contribution is -2.40. The number of nitrogens with two attached hydrogens (primary N) is 1. The Morgan fingerprint density at radius 1 is 1.29 bits per heavy atom. The van der Waals surface area contributed by atoms with Crippen molar-refractivity contribution in [3.05, 3.63) is 53.3 Å². The number of primary amides is 1. The number of halogens is 1. The van der Waals surface area contributed by atoms with Gasteiger partial charge in [0.2, 0.25) is 0 Å². The first kappa shape index (κ1) is 18.6. The number of imidazole rings is 1. The first-order valence-electron chi connectivity index (χ1n) is 9.61. The molecule has 1 aliphatic heterocycles. The van der Waals surface area contributed by atoms with Gasteiger partial charge in [0.15, 0.2) is 0 Å². The molecule has 0 radical (unpaired) electrons. The predicted molar refractivity (Wildman–Crippen MR) is 108 cm³/mol. The average Bonchev–Trinajstić information content (AvgIpc) is 3.27. The van der Waals surface area contributed by atoms with E-state index < -0.39 is 5.91 Å². The smallest absolute Gasteiger partial charge is 0.250 e. The minimum absolute atomic E-state index is 0.0419. The van der Waals surface area contributed by atoms with Crippen molar-refractivity contribution in [2.75, 3.05) is 6.54 Å². The van der Waals surface area contributed by atoms with Gasteiger partial charge in [-0.3, -0.25) is 9.69 Å². The molecule has 1 saturated heterocycles. The number of hydrogen-bond acceptors (Lipinski definition) is 3. The van der Waals surface area contributed by atoms with Crippen LogP contribution in [-0.4, -0.2) is 32.9 Å². The monoisotopic (exact) mass is 380 g/mol. The van der Waals surface area contributed by atoms with Gasteiger partial charge in [-0.2, -0.15) is 0 Å². The largest absolute Gasteiger partial charge is 0.366 e. The lowest BCUT2D eigenvalue weighted by molar-refractivity contribution is 0.100. The van der Waals surface area contributed by atoms with Crippen LogP contribution in [0.15, 0.2) is 36.4 Å². The number of nitrogens with zero attached hydrogens (tertiary/aromatic N) is 2. The average molecular weight is 380 g/mol. The summed E-state index contributed by atoms with van der Waals surface area (Å²) in [4.78, 5) is 21.6. The van der Waals surface area contributed by atoms with Gasteiger partial charge in [0.25, 0.3) is 5.91 Å². The van der Waals surface area contributed by atoms with E-state index in [0.717, 1.165) is 24.9 Å². The Hall–Kier alpha value is -2.73. The van der Waals surface area contributed by atoms with Crippen LogP contribution in [0.5, 0.6) is 0 Å². The maximum absolute atomic E-state index is 15.0. The molecule has 28 heavy (non-hydrogen) atoms. The third-order valence-corrected chi connectivity index (χ3v) is 5.53. The number of aromatic amines is 1. The van der Waals surface area contributed by atoms with E-state index in [1.165, 1.54) is 0 Å². The third kappa shape index (κ3) is 3.18. The molecule has 0 unspecified atom stereocenters. The van der Waals surface area contributed by atoms with E-state index >= 15 is 4.39 Å². The van der Waals surface area contributed by atoms with Crippen molar-refractivity contribution >= 4 is 16.9 Å². The number of rotatable bonds is 3. The molecule has 0 aliphatic carbocycles. The standard InChI is InChI=1S/C22H25FN4O/c1-22(2,3)27-11-5-8-18(27)13-9-10-14(16(23)12-13)21-25-17-7-4-6-15(20(24)28)19(17)26-21/h4,6-7,9-10,12,18H,5,8,11H2,1-3H3,(H2,24,28)(H,25,26)/t18-/m0/s1. The number of aromatic nitrogens is 2. The molecule has 1 fully saturated rings. The van der Waals surface area contributed by atoms with Gasteiger partial charge >= 0.3 is 0 Å². The van der Waals surface area contributed by atoms with Crippen molar-refractivity contribution in [3.8, 4) is 11.4 Å². The number of likely N-dealkylation sites (tertiary alicyclic amines) is 1. The molecular formula is C22H25FN4O. The molecular weight excluding hydrogens is 355 g/mol. The lowest BCUT2D eigenvalue weighted by Gasteiger charge is -2.37. The molecule has 2 aromatic carbocycles. The van der Waals surface area contributed by atoms with Crippen molar-refractivity contribution < 1.29 is 9.18 Å². The van der Waals surface area contributed by atoms with Crippen molar-refractivity contribution in [2.24, 2.45) is 5.73 Å². The zero-order chi connectivity index (χ0) is 20.1. The summed E-state index contributed by atoms with van der Waals surface area (Å²) in [5.41, 5.74) is 8.28. The second-order valence-corrected chi connectivity index (χ2v) is 8.41. The summed E-state index contributed by atoms with van der Waals surface area (Å²) >= 11 is 0. The second-order valence-electron chi connectivity index (χ2n) is 8.41. The number of hydrogen-bond donors (Lipinski definition) is 2. The van der Waals surface area contributed by atoms with Gasteiger partial charge in [0, 0.05) is 11.6 Å². The maximum atomic E-state index is 15.0. The number of H-pyrrole nitrogens is 1. The Labute approximate surface area is 163 Å². The number of carbonyl (C=O) groups excluding carboxylic acids is 1. The first-order valence-corrected chi connectivity index (χ1v) is 9.61. The molecule has 0 spiro atoms. The summed E-state index contributed by atoms with van der Waals surface area (Å²) < 4.78 is 15.0. The molecule has 1 aliphatic rings. The van der Waals surface area contributed by atoms with Crippen LogP contribution < -0.4 is 5.73 Å². The molecule has 1 aromatic heterocycles. The Kier molecular flexibility index (Phi) is 4.46. The van der Waals surface area contributed by atoms with E-state index in [1.807, 2.05) is 6.07 Å². The highest BCUT2D eigenvalue weighted by molar-refractivity contribution is 6.04. The van der Waals surface area contributed by atoms with Gasteiger partial charge < -0.3 is 10.7 Å². The lowest BCUT2D eigenvalue weighted by atomic mass is 9.98. The summed E-state index contributed by atoms with van der Waals surface area (Å²) in [5.74, 6) is -0.479. The van der Waals surface area contributed by atoms with Crippen LogP contribution in [0.25, 0.3) is 22.4 Å². The summed E-state index contributed by atoms with van der Waals surface area (Å²) in [6.45, 7) is 7.61. The molecule has 5 nitrogen and oxygen atoms in total. The van der Waals surface area contributed by atoms with Gasteiger partial charge in [-0.15, -0.1) is 0 Å². The minimum Gasteiger partial charge on any atom is -0.366 e. The molecule has 0 saturated carbocycles. The van der Waals surface area contributed by atoms with Crippen LogP contribution in [0.2, 0.25) is 0 Å². The third-order valence-electron chi connectivity index (χ3n) is 5.53. The molecule has 3 N–H and O–H groups in total. The topological polar surface area (TPSA) is 75.0 Å². The fraction of sp³-hybridized carbons (Fsp3) is 0.364. The highest BCUT2D eigenvalue weighted by atomic mass is 19.1. The van der Waals surface area contributed by atoms with E-state index in [4.69, 9.17) is 5.73 Å². The Balaban J connectivity index is 1.72. The van der Waals surface area contributed by atoms with Crippen LogP contribution >= 0.6 is 0 Å². The highest BCUT2D eigenvalue weighted by Gasteiger charge is 2.34. The van der Waals surface area contributed by atoms with Crippen LogP contribution in [0.1, 0.15) is 55.6 Å². The zero-order valence-electron chi connectivity index (χ0n) is 16.4. The van der Waals surface area contributed by atoms with Gasteiger partial charge in [0.1, 0.15) is 17.2 Å². The fourth-order valence-electron chi connectivity index (χ4n) is 4.21. The second kappa shape index (κ2) is 6.71. The maximum Gasteiger partial charge on any atom is 0.250 e. The SMILES string of the molecule is CC(C)(C)N1CCC[C@H]1c1ccc(-c2nc3c(C(N)=O)cccc3[nH]2)c(F)c1. The van der Waals surface area contributed by atoms with Crippen molar-refractivity contribution in [2.45, 2.75) is 45.2 Å². The van der Waals surface area contributed by atoms with E-state index in [9.17, 15) is 4.79 Å². The van der Waals surface area contributed by atoms with Gasteiger partial charge in [-0.05, 0) is 70.0 Å². The predicted octanol–water partition coefficient (Wildman–Crippen LogP) is 4.40. The Morgan fingerprint density at radius 3 is 2.75 bits per heavy atom. The summed E-state index contributed by atoms with van der Waals surface area (Å²) in [7, 11) is 0. The number of carbonyl (C=O) groups is 1. The normalized spacial score (nSPS) is 18.1. The minimum atomic E-state index is -0.553. The van der Waals surface area contributed by atoms with Gasteiger partial charge in [0.05, 0.1) is 16.6 Å². The van der Waals surface area contributed by atoms with Crippen LogP contribution in [0.4, 0.5) is 4.39 Å². The van der Waals surface area contributed by atoms with Crippen molar-refractivity contribution in [3.63, 3.8) is 0 Å². The summed E-state index contributed by atoms with van der Waals surface area (Å²) in [5, 5.41) is 0. The molecule has 4 rings (SSSR count). The van der Waals surface area contributed by atoms with Gasteiger partial charge in [-0.1, -0.05) is 12.1 Å². The highest BCUT2D eigenvalue weighted by Crippen LogP contribution is 2.38. The van der Waals surface area contributed by atoms with Crippen molar-refractivity contribution in [1.29, 1.82) is 0 Å². The van der Waals surface area contributed by atoms with E-state index in [2.05, 4.69) is 35.6 Å². The Morgan fingerprint density at radius 2 is 2.07 bits per heavy atom. The van der Waals surface area contributed by atoms with Crippen LogP contribution in [0.3, 0.4) is 0 Å². The zero-order valence-corrected chi connectivity index (χ0v) is 16.4. The van der Waals surface area contributed by atoms with E-state index in [-0.39, 0.29) is 17.4 Å². The molecule has 6 heteroatoms. The molecule has 1 atom stereocenters. The number of amides is 1. The summed E-state index contributed by atoms with van der Waals surface area (Å²) in [6.07, 6.45) is 2.15. The Bertz CT molecular complexity index is 1050. The number of nitrogens with one attached hydrogen (secondary N) is 1. The molecule has 2 heterocycles. The number of fused-ring (bicyclic) bond motifs is 1. The molecule has 0 bridgehead atoms.